The van der Waals surface area contributed by atoms with E-state index in [-0.39, 0.29) is 24.3 Å². The van der Waals surface area contributed by atoms with E-state index < -0.39 is 17.7 Å². The molecule has 1 heterocycles. The van der Waals surface area contributed by atoms with Crippen molar-refractivity contribution in [3.8, 4) is 0 Å². The lowest BCUT2D eigenvalue weighted by Crippen LogP contribution is -2.50. The van der Waals surface area contributed by atoms with Gasteiger partial charge in [-0.2, -0.15) is 0 Å². The minimum atomic E-state index is -0.875. The summed E-state index contributed by atoms with van der Waals surface area (Å²) in [6, 6.07) is 16.4. The SMILES string of the molecule is CC(C)[C@@H]1CC[C@@H](C)C[C@H]1C(=O)CC[C@@H](NC(=O)[C@H](Cc1c[nH]c2ccccc12)NC(=O)OC(C)(C)C)c1ccccc1. The standard InChI is InChI=1S/C36H49N3O4/c1-23(2)27-17-16-24(3)20-29(27)33(40)19-18-30(25-12-8-7-9-13-25)38-34(41)32(39-35(42)43-36(4,5)6)21-26-22-37-31-15-11-10-14-28(26)31/h7-15,22-24,27,29-30,32,37H,16-21H2,1-6H3,(H,38,41)(H,39,42)/t24-,27+,29-,30-,32+/m1/s1. The molecule has 3 N–H and O–H groups in total. The van der Waals surface area contributed by atoms with Crippen LogP contribution in [0.4, 0.5) is 4.79 Å². The number of rotatable bonds is 11. The van der Waals surface area contributed by atoms with Crippen molar-refractivity contribution >= 4 is 28.7 Å². The van der Waals surface area contributed by atoms with Gasteiger partial charge >= 0.3 is 6.09 Å². The van der Waals surface area contributed by atoms with Crippen LogP contribution in [0.1, 0.15) is 90.8 Å². The van der Waals surface area contributed by atoms with Gasteiger partial charge in [-0.25, -0.2) is 4.79 Å². The molecular formula is C36H49N3O4. The maximum Gasteiger partial charge on any atom is 0.408 e. The molecule has 0 unspecified atom stereocenters. The maximum atomic E-state index is 13.9. The monoisotopic (exact) mass is 587 g/mol. The minimum absolute atomic E-state index is 0.0688. The van der Waals surface area contributed by atoms with Gasteiger partial charge in [0.15, 0.2) is 0 Å². The Morgan fingerprint density at radius 3 is 2.37 bits per heavy atom. The molecule has 5 atom stereocenters. The van der Waals surface area contributed by atoms with Crippen molar-refractivity contribution < 1.29 is 19.1 Å². The van der Waals surface area contributed by atoms with Crippen LogP contribution in [0.3, 0.4) is 0 Å². The number of aromatic nitrogens is 1. The van der Waals surface area contributed by atoms with E-state index in [1.807, 2.05) is 60.8 Å². The number of hydrogen-bond donors (Lipinski definition) is 3. The Morgan fingerprint density at radius 2 is 1.67 bits per heavy atom. The largest absolute Gasteiger partial charge is 0.444 e. The molecule has 0 spiro atoms. The summed E-state index contributed by atoms with van der Waals surface area (Å²) in [5.41, 5.74) is 2.11. The number of aromatic amines is 1. The second-order valence-electron chi connectivity index (χ2n) is 13.7. The lowest BCUT2D eigenvalue weighted by molar-refractivity contribution is -0.128. The summed E-state index contributed by atoms with van der Waals surface area (Å²) in [5, 5.41) is 7.01. The van der Waals surface area contributed by atoms with Gasteiger partial charge in [-0.05, 0) is 75.0 Å². The number of amides is 2. The van der Waals surface area contributed by atoms with Gasteiger partial charge in [0.2, 0.25) is 5.91 Å². The first-order valence-corrected chi connectivity index (χ1v) is 15.8. The van der Waals surface area contributed by atoms with E-state index in [2.05, 4.69) is 36.4 Å². The number of alkyl carbamates (subject to hydrolysis) is 1. The van der Waals surface area contributed by atoms with Gasteiger partial charge in [-0.1, -0.05) is 75.7 Å². The first-order chi connectivity index (χ1) is 20.4. The number of carbonyl (C=O) groups is 3. The zero-order valence-electron chi connectivity index (χ0n) is 26.6. The summed E-state index contributed by atoms with van der Waals surface area (Å²) >= 11 is 0. The van der Waals surface area contributed by atoms with Crippen LogP contribution in [0.15, 0.2) is 60.8 Å². The van der Waals surface area contributed by atoms with E-state index >= 15 is 0 Å². The summed E-state index contributed by atoms with van der Waals surface area (Å²) in [4.78, 5) is 43.7. The summed E-state index contributed by atoms with van der Waals surface area (Å²) < 4.78 is 5.52. The molecule has 7 nitrogen and oxygen atoms in total. The first kappa shape index (κ1) is 32.3. The number of ketones is 1. The molecule has 1 aromatic heterocycles. The number of fused-ring (bicyclic) bond motifs is 1. The molecule has 2 aromatic carbocycles. The minimum Gasteiger partial charge on any atom is -0.444 e. The molecule has 2 amide bonds. The van der Waals surface area contributed by atoms with Gasteiger partial charge < -0.3 is 20.4 Å². The third kappa shape index (κ3) is 8.94. The Labute approximate surface area is 256 Å². The number of benzene rings is 2. The van der Waals surface area contributed by atoms with E-state index in [1.54, 1.807) is 20.8 Å². The summed E-state index contributed by atoms with van der Waals surface area (Å²) in [6.45, 7) is 12.1. The van der Waals surface area contributed by atoms with Crippen molar-refractivity contribution in [2.24, 2.45) is 23.7 Å². The number of para-hydroxylation sites is 1. The highest BCUT2D eigenvalue weighted by atomic mass is 16.6. The molecule has 0 aliphatic heterocycles. The number of ether oxygens (including phenoxy) is 1. The number of carbonyl (C=O) groups excluding carboxylic acids is 3. The van der Waals surface area contributed by atoms with Crippen LogP contribution in [0, 0.1) is 23.7 Å². The average Bonchev–Trinajstić information content (AvgIpc) is 3.36. The molecule has 0 bridgehead atoms. The molecule has 1 aliphatic rings. The van der Waals surface area contributed by atoms with E-state index in [4.69, 9.17) is 4.74 Å². The lowest BCUT2D eigenvalue weighted by Gasteiger charge is -2.36. The topological polar surface area (TPSA) is 100 Å². The van der Waals surface area contributed by atoms with Crippen molar-refractivity contribution in [3.63, 3.8) is 0 Å². The number of H-pyrrole nitrogens is 1. The van der Waals surface area contributed by atoms with Gasteiger partial charge in [0.05, 0.1) is 6.04 Å². The van der Waals surface area contributed by atoms with E-state index in [9.17, 15) is 14.4 Å². The van der Waals surface area contributed by atoms with Crippen LogP contribution in [-0.2, 0) is 20.7 Å². The van der Waals surface area contributed by atoms with Gasteiger partial charge in [-0.15, -0.1) is 0 Å². The fourth-order valence-electron chi connectivity index (χ4n) is 6.50. The molecule has 1 aliphatic carbocycles. The first-order valence-electron chi connectivity index (χ1n) is 15.8. The normalized spacial score (nSPS) is 20.4. The Bertz CT molecular complexity index is 1370. The Balaban J connectivity index is 1.54. The van der Waals surface area contributed by atoms with Gasteiger partial charge in [0.1, 0.15) is 17.4 Å². The third-order valence-corrected chi connectivity index (χ3v) is 8.74. The lowest BCUT2D eigenvalue weighted by atomic mass is 9.68. The zero-order valence-corrected chi connectivity index (χ0v) is 26.6. The quantitative estimate of drug-likeness (QED) is 0.216. The number of hydrogen-bond acceptors (Lipinski definition) is 4. The van der Waals surface area contributed by atoms with Crippen molar-refractivity contribution in [2.75, 3.05) is 0 Å². The highest BCUT2D eigenvalue weighted by Gasteiger charge is 2.35. The maximum absolute atomic E-state index is 13.9. The summed E-state index contributed by atoms with van der Waals surface area (Å²) in [5.74, 6) is 1.48. The molecule has 3 aromatic rings. The molecule has 0 saturated heterocycles. The fourth-order valence-corrected chi connectivity index (χ4v) is 6.50. The van der Waals surface area contributed by atoms with E-state index in [0.717, 1.165) is 34.9 Å². The summed E-state index contributed by atoms with van der Waals surface area (Å²) in [6.07, 6.45) is 5.62. The van der Waals surface area contributed by atoms with Gasteiger partial charge in [-0.3, -0.25) is 9.59 Å². The predicted molar refractivity (Wildman–Crippen MR) is 172 cm³/mol. The van der Waals surface area contributed by atoms with Gasteiger partial charge in [0.25, 0.3) is 0 Å². The smallest absolute Gasteiger partial charge is 0.408 e. The van der Waals surface area contributed by atoms with Gasteiger partial charge in [0, 0.05) is 35.9 Å². The van der Waals surface area contributed by atoms with Crippen LogP contribution in [0.5, 0.6) is 0 Å². The van der Waals surface area contributed by atoms with Crippen LogP contribution in [0.2, 0.25) is 0 Å². The van der Waals surface area contributed by atoms with E-state index in [1.165, 1.54) is 6.42 Å². The molecule has 7 heteroatoms. The zero-order chi connectivity index (χ0) is 31.1. The second kappa shape index (κ2) is 14.2. The molecule has 0 radical (unpaired) electrons. The third-order valence-electron chi connectivity index (χ3n) is 8.74. The average molecular weight is 588 g/mol. The molecule has 232 valence electrons. The van der Waals surface area contributed by atoms with Crippen molar-refractivity contribution in [1.82, 2.24) is 15.6 Å². The molecule has 43 heavy (non-hydrogen) atoms. The van der Waals surface area contributed by atoms with Crippen molar-refractivity contribution in [1.29, 1.82) is 0 Å². The molecule has 1 fully saturated rings. The Morgan fingerprint density at radius 1 is 0.977 bits per heavy atom. The predicted octanol–water partition coefficient (Wildman–Crippen LogP) is 7.52. The van der Waals surface area contributed by atoms with E-state index in [0.29, 0.717) is 36.4 Å². The van der Waals surface area contributed by atoms with Crippen LogP contribution in [-0.4, -0.2) is 34.4 Å². The Kier molecular flexibility index (Phi) is 10.7. The number of Topliss-reactive ketones (excluding diaryl/α,β-unsaturated/α-hetero) is 1. The number of nitrogens with one attached hydrogen (secondary N) is 3. The molecule has 1 saturated carbocycles. The Hall–Kier alpha value is -3.61. The van der Waals surface area contributed by atoms with Crippen molar-refractivity contribution in [3.05, 3.63) is 71.9 Å². The highest BCUT2D eigenvalue weighted by Crippen LogP contribution is 2.39. The highest BCUT2D eigenvalue weighted by molar-refractivity contribution is 5.89. The van der Waals surface area contributed by atoms with Crippen molar-refractivity contribution in [2.45, 2.75) is 97.8 Å². The summed E-state index contributed by atoms with van der Waals surface area (Å²) in [7, 11) is 0. The van der Waals surface area contributed by atoms with Crippen LogP contribution < -0.4 is 10.6 Å². The fraction of sp³-hybridized carbons (Fsp3) is 0.528. The van der Waals surface area contributed by atoms with Crippen LogP contribution >= 0.6 is 0 Å². The molecule has 4 rings (SSSR count). The second-order valence-corrected chi connectivity index (χ2v) is 13.7. The molecular weight excluding hydrogens is 538 g/mol. The van der Waals surface area contributed by atoms with Crippen LogP contribution in [0.25, 0.3) is 10.9 Å².